The second-order valence-corrected chi connectivity index (χ2v) is 2.99. The quantitative estimate of drug-likeness (QED) is 0.843. The summed E-state index contributed by atoms with van der Waals surface area (Å²) in [4.78, 5) is 18.9. The largest absolute Gasteiger partial charge is 0.451 e. The number of halogens is 1. The maximum Gasteiger partial charge on any atom is 0.273 e. The molecule has 2 heterocycles. The molecule has 5 nitrogen and oxygen atoms in total. The molecule has 2 aromatic rings. The predicted molar refractivity (Wildman–Crippen MR) is 51.9 cm³/mol. The fraction of sp³-hybridized carbons (Fsp3) is 0.100. The first kappa shape index (κ1) is 10.3. The van der Waals surface area contributed by atoms with Crippen molar-refractivity contribution in [3.8, 4) is 0 Å². The number of carbonyl (C=O) groups is 1. The summed E-state index contributed by atoms with van der Waals surface area (Å²) in [5.74, 6) is -0.887. The standard InChI is InChI=1S/C10H8FN3O2/c11-7-2-1-3-12-8(7)4-13-10(15)9-5-16-6-14-9/h1-3,5-6H,4H2,(H,13,15). The molecule has 1 amide bonds. The first-order valence-corrected chi connectivity index (χ1v) is 4.53. The summed E-state index contributed by atoms with van der Waals surface area (Å²) in [7, 11) is 0. The molecule has 6 heteroatoms. The van der Waals surface area contributed by atoms with Crippen LogP contribution in [-0.2, 0) is 6.54 Å². The third-order valence-electron chi connectivity index (χ3n) is 1.92. The number of rotatable bonds is 3. The second kappa shape index (κ2) is 4.52. The molecule has 2 rings (SSSR count). The Bertz CT molecular complexity index is 485. The van der Waals surface area contributed by atoms with E-state index in [-0.39, 0.29) is 17.9 Å². The fourth-order valence-electron chi connectivity index (χ4n) is 1.13. The average molecular weight is 221 g/mol. The van der Waals surface area contributed by atoms with Crippen molar-refractivity contribution in [2.45, 2.75) is 6.54 Å². The van der Waals surface area contributed by atoms with Gasteiger partial charge in [0.25, 0.3) is 5.91 Å². The fourth-order valence-corrected chi connectivity index (χ4v) is 1.13. The maximum atomic E-state index is 13.1. The molecule has 0 bridgehead atoms. The Morgan fingerprint density at radius 1 is 1.50 bits per heavy atom. The molecule has 0 unspecified atom stereocenters. The van der Waals surface area contributed by atoms with E-state index in [9.17, 15) is 9.18 Å². The van der Waals surface area contributed by atoms with Gasteiger partial charge in [-0.1, -0.05) is 0 Å². The van der Waals surface area contributed by atoms with Gasteiger partial charge in [0.15, 0.2) is 12.1 Å². The molecule has 2 aromatic heterocycles. The predicted octanol–water partition coefficient (Wildman–Crippen LogP) is 1.14. The van der Waals surface area contributed by atoms with Gasteiger partial charge in [0.1, 0.15) is 12.1 Å². The molecule has 0 spiro atoms. The Hall–Kier alpha value is -2.24. The number of carbonyl (C=O) groups excluding carboxylic acids is 1. The van der Waals surface area contributed by atoms with Crippen LogP contribution >= 0.6 is 0 Å². The molecule has 0 aliphatic carbocycles. The highest BCUT2D eigenvalue weighted by Crippen LogP contribution is 2.02. The van der Waals surface area contributed by atoms with Gasteiger partial charge >= 0.3 is 0 Å². The molecular weight excluding hydrogens is 213 g/mol. The first-order valence-electron chi connectivity index (χ1n) is 4.53. The molecule has 0 saturated carbocycles. The van der Waals surface area contributed by atoms with E-state index < -0.39 is 11.7 Å². The molecule has 0 aliphatic heterocycles. The molecule has 0 atom stereocenters. The van der Waals surface area contributed by atoms with Crippen molar-refractivity contribution < 1.29 is 13.6 Å². The van der Waals surface area contributed by atoms with Crippen LogP contribution in [0.4, 0.5) is 4.39 Å². The second-order valence-electron chi connectivity index (χ2n) is 2.99. The van der Waals surface area contributed by atoms with Crippen molar-refractivity contribution in [2.75, 3.05) is 0 Å². The molecule has 16 heavy (non-hydrogen) atoms. The van der Waals surface area contributed by atoms with Crippen molar-refractivity contribution >= 4 is 5.91 Å². The van der Waals surface area contributed by atoms with Gasteiger partial charge in [-0.2, -0.15) is 0 Å². The normalized spacial score (nSPS) is 10.1. The van der Waals surface area contributed by atoms with Crippen molar-refractivity contribution in [1.29, 1.82) is 0 Å². The lowest BCUT2D eigenvalue weighted by Crippen LogP contribution is -2.24. The Balaban J connectivity index is 1.98. The van der Waals surface area contributed by atoms with E-state index in [1.54, 1.807) is 0 Å². The van der Waals surface area contributed by atoms with E-state index in [1.807, 2.05) is 0 Å². The van der Waals surface area contributed by atoms with Crippen LogP contribution in [0.15, 0.2) is 35.4 Å². The minimum atomic E-state index is -0.456. The van der Waals surface area contributed by atoms with Gasteiger partial charge in [-0.15, -0.1) is 0 Å². The van der Waals surface area contributed by atoms with Crippen LogP contribution in [-0.4, -0.2) is 15.9 Å². The van der Waals surface area contributed by atoms with Crippen LogP contribution in [0.1, 0.15) is 16.2 Å². The lowest BCUT2D eigenvalue weighted by Gasteiger charge is -2.02. The number of hydrogen-bond acceptors (Lipinski definition) is 4. The van der Waals surface area contributed by atoms with Crippen LogP contribution in [0.25, 0.3) is 0 Å². The number of amides is 1. The maximum absolute atomic E-state index is 13.1. The number of nitrogens with zero attached hydrogens (tertiary/aromatic N) is 2. The van der Waals surface area contributed by atoms with Gasteiger partial charge in [-0.05, 0) is 12.1 Å². The Kier molecular flexibility index (Phi) is 2.90. The van der Waals surface area contributed by atoms with E-state index >= 15 is 0 Å². The zero-order valence-electron chi connectivity index (χ0n) is 8.18. The highest BCUT2D eigenvalue weighted by atomic mass is 19.1. The lowest BCUT2D eigenvalue weighted by atomic mass is 10.3. The Morgan fingerprint density at radius 3 is 3.06 bits per heavy atom. The summed E-state index contributed by atoms with van der Waals surface area (Å²) in [6.45, 7) is 0.0123. The summed E-state index contributed by atoms with van der Waals surface area (Å²) in [5.41, 5.74) is 0.329. The number of aromatic nitrogens is 2. The number of hydrogen-bond donors (Lipinski definition) is 1. The summed E-state index contributed by atoms with van der Waals surface area (Å²) in [5, 5.41) is 2.48. The molecule has 0 fully saturated rings. The van der Waals surface area contributed by atoms with Crippen molar-refractivity contribution in [2.24, 2.45) is 0 Å². The van der Waals surface area contributed by atoms with Crippen LogP contribution in [0.2, 0.25) is 0 Å². The highest BCUT2D eigenvalue weighted by Gasteiger charge is 2.09. The summed E-state index contributed by atoms with van der Waals surface area (Å²) in [6, 6.07) is 2.77. The van der Waals surface area contributed by atoms with Crippen LogP contribution in [0.3, 0.4) is 0 Å². The van der Waals surface area contributed by atoms with Gasteiger partial charge in [0, 0.05) is 6.20 Å². The molecular formula is C10H8FN3O2. The summed E-state index contributed by atoms with van der Waals surface area (Å²) < 4.78 is 17.8. The monoisotopic (exact) mass is 221 g/mol. The van der Waals surface area contributed by atoms with E-state index in [4.69, 9.17) is 0 Å². The number of pyridine rings is 1. The minimum Gasteiger partial charge on any atom is -0.451 e. The van der Waals surface area contributed by atoms with Crippen LogP contribution < -0.4 is 5.32 Å². The van der Waals surface area contributed by atoms with Gasteiger partial charge in [0.2, 0.25) is 0 Å². The van der Waals surface area contributed by atoms with Gasteiger partial charge in [0.05, 0.1) is 12.2 Å². The molecule has 82 valence electrons. The van der Waals surface area contributed by atoms with Crippen molar-refractivity contribution in [1.82, 2.24) is 15.3 Å². The van der Waals surface area contributed by atoms with Crippen LogP contribution in [0.5, 0.6) is 0 Å². The van der Waals surface area contributed by atoms with E-state index in [0.717, 1.165) is 6.39 Å². The van der Waals surface area contributed by atoms with Gasteiger partial charge in [-0.3, -0.25) is 9.78 Å². The average Bonchev–Trinajstić information content (AvgIpc) is 2.81. The Morgan fingerprint density at radius 2 is 2.38 bits per heavy atom. The molecule has 0 aromatic carbocycles. The van der Waals surface area contributed by atoms with Crippen LogP contribution in [0, 0.1) is 5.82 Å². The van der Waals surface area contributed by atoms with Gasteiger partial charge in [-0.25, -0.2) is 9.37 Å². The topological polar surface area (TPSA) is 68.0 Å². The third kappa shape index (κ3) is 2.22. The van der Waals surface area contributed by atoms with E-state index in [0.29, 0.717) is 0 Å². The molecule has 0 radical (unpaired) electrons. The van der Waals surface area contributed by atoms with E-state index in [2.05, 4.69) is 19.7 Å². The molecule has 0 saturated heterocycles. The SMILES string of the molecule is O=C(NCc1ncccc1F)c1cocn1. The molecule has 0 aliphatic rings. The Labute approximate surface area is 90.3 Å². The van der Waals surface area contributed by atoms with Crippen molar-refractivity contribution in [3.05, 3.63) is 48.2 Å². The van der Waals surface area contributed by atoms with E-state index in [1.165, 1.54) is 24.6 Å². The number of nitrogens with one attached hydrogen (secondary N) is 1. The summed E-state index contributed by atoms with van der Waals surface area (Å²) >= 11 is 0. The number of oxazole rings is 1. The third-order valence-corrected chi connectivity index (χ3v) is 1.92. The zero-order chi connectivity index (χ0) is 11.4. The summed E-state index contributed by atoms with van der Waals surface area (Å²) in [6.07, 6.45) is 3.82. The van der Waals surface area contributed by atoms with Gasteiger partial charge < -0.3 is 9.73 Å². The molecule has 1 N–H and O–H groups in total. The lowest BCUT2D eigenvalue weighted by molar-refractivity contribution is 0.0945. The minimum absolute atomic E-state index is 0.0123. The first-order chi connectivity index (χ1) is 7.77. The smallest absolute Gasteiger partial charge is 0.273 e. The van der Waals surface area contributed by atoms with Crippen molar-refractivity contribution in [3.63, 3.8) is 0 Å². The zero-order valence-corrected chi connectivity index (χ0v) is 8.18. The highest BCUT2D eigenvalue weighted by molar-refractivity contribution is 5.91.